The Balaban J connectivity index is 1.49. The van der Waals surface area contributed by atoms with Crippen LogP contribution in [0.4, 0.5) is 11.4 Å². The van der Waals surface area contributed by atoms with Gasteiger partial charge in [0.25, 0.3) is 5.91 Å². The molecule has 0 unspecified atom stereocenters. The van der Waals surface area contributed by atoms with E-state index in [9.17, 15) is 9.59 Å². The highest BCUT2D eigenvalue weighted by Gasteiger charge is 2.44. The topological polar surface area (TPSA) is 68.4 Å². The molecule has 4 rings (SSSR count). The summed E-state index contributed by atoms with van der Waals surface area (Å²) in [5.41, 5.74) is 1.16. The lowest BCUT2D eigenvalue weighted by Crippen LogP contribution is -2.45. The number of rotatable bonds is 9. The molecular formula is C26H31Cl2N5O3S. The van der Waals surface area contributed by atoms with Gasteiger partial charge in [0.2, 0.25) is 5.91 Å². The van der Waals surface area contributed by atoms with Gasteiger partial charge < -0.3 is 24.8 Å². The average Bonchev–Trinajstić information content (AvgIpc) is 3.10. The van der Waals surface area contributed by atoms with Crippen molar-refractivity contribution in [3.05, 3.63) is 52.5 Å². The van der Waals surface area contributed by atoms with Crippen molar-refractivity contribution in [3.8, 4) is 5.75 Å². The number of methoxy groups -OCH3 is 1. The predicted octanol–water partition coefficient (Wildman–Crippen LogP) is 3.97. The monoisotopic (exact) mass is 563 g/mol. The maximum Gasteiger partial charge on any atom is 0.256 e. The Bertz CT molecular complexity index is 1140. The van der Waals surface area contributed by atoms with E-state index in [1.54, 1.807) is 42.5 Å². The van der Waals surface area contributed by atoms with Crippen LogP contribution < -0.4 is 15.0 Å². The fourth-order valence-corrected chi connectivity index (χ4v) is 5.37. The Labute approximate surface area is 233 Å². The highest BCUT2D eigenvalue weighted by atomic mass is 35.5. The van der Waals surface area contributed by atoms with Gasteiger partial charge >= 0.3 is 0 Å². The van der Waals surface area contributed by atoms with Crippen LogP contribution in [0.1, 0.15) is 12.8 Å². The zero-order valence-corrected chi connectivity index (χ0v) is 23.3. The summed E-state index contributed by atoms with van der Waals surface area (Å²) in [5.74, 6) is -0.0230. The first kappa shape index (κ1) is 27.6. The average molecular weight is 565 g/mol. The van der Waals surface area contributed by atoms with E-state index < -0.39 is 6.04 Å². The fraction of sp³-hybridized carbons (Fsp3) is 0.423. The van der Waals surface area contributed by atoms with Gasteiger partial charge in [-0.15, -0.1) is 0 Å². The molecule has 2 aliphatic heterocycles. The van der Waals surface area contributed by atoms with Gasteiger partial charge in [-0.25, -0.2) is 0 Å². The minimum Gasteiger partial charge on any atom is -0.495 e. The summed E-state index contributed by atoms with van der Waals surface area (Å²) in [6.45, 7) is 5.59. The number of ether oxygens (including phenoxy) is 1. The second-order valence-corrected chi connectivity index (χ2v) is 10.5. The van der Waals surface area contributed by atoms with Crippen molar-refractivity contribution in [3.63, 3.8) is 0 Å². The van der Waals surface area contributed by atoms with Crippen LogP contribution in [0.5, 0.6) is 5.75 Å². The summed E-state index contributed by atoms with van der Waals surface area (Å²) in [6.07, 6.45) is 0.792. The third-order valence-corrected chi connectivity index (χ3v) is 7.65. The molecule has 0 radical (unpaired) electrons. The molecule has 2 fully saturated rings. The first-order valence-corrected chi connectivity index (χ1v) is 13.4. The molecule has 1 N–H and O–H groups in total. The van der Waals surface area contributed by atoms with Gasteiger partial charge in [-0.1, -0.05) is 23.2 Å². The number of benzene rings is 2. The second-order valence-electron chi connectivity index (χ2n) is 9.24. The molecule has 11 heteroatoms. The zero-order chi connectivity index (χ0) is 26.5. The number of likely N-dealkylation sites (N-methyl/N-ethyl adjacent to an activating group) is 1. The van der Waals surface area contributed by atoms with E-state index in [0.29, 0.717) is 38.8 Å². The van der Waals surface area contributed by atoms with Crippen molar-refractivity contribution < 1.29 is 14.3 Å². The maximum atomic E-state index is 13.6. The molecule has 0 saturated carbocycles. The second kappa shape index (κ2) is 12.4. The van der Waals surface area contributed by atoms with Crippen molar-refractivity contribution in [1.82, 2.24) is 14.7 Å². The van der Waals surface area contributed by atoms with Gasteiger partial charge in [0, 0.05) is 43.4 Å². The van der Waals surface area contributed by atoms with E-state index in [0.717, 1.165) is 39.1 Å². The molecule has 2 saturated heterocycles. The van der Waals surface area contributed by atoms with Crippen molar-refractivity contribution in [2.45, 2.75) is 18.9 Å². The molecule has 2 heterocycles. The van der Waals surface area contributed by atoms with Crippen LogP contribution in [-0.2, 0) is 9.59 Å². The highest BCUT2D eigenvalue weighted by molar-refractivity contribution is 7.80. The van der Waals surface area contributed by atoms with Crippen LogP contribution in [-0.4, -0.2) is 91.1 Å². The summed E-state index contributed by atoms with van der Waals surface area (Å²) < 4.78 is 5.24. The number of carbonyl (C=O) groups excluding carboxylic acids is 2. The number of halogens is 2. The molecule has 0 bridgehead atoms. The summed E-state index contributed by atoms with van der Waals surface area (Å²) in [6, 6.07) is 11.2. The Morgan fingerprint density at radius 2 is 1.78 bits per heavy atom. The molecule has 0 aromatic heterocycles. The SMILES string of the molecule is COc1ccc(N2C(=O)[C@H](CC(=O)Nc3ccc(Cl)cc3)N(CCCN3CCN(C)CC3)C2=S)cc1Cl. The molecule has 2 amide bonds. The standard InChI is InChI=1S/C26H31Cl2N5O3S/c1-30-12-14-31(15-13-30)10-3-11-32-22(17-24(34)29-19-6-4-18(27)5-7-19)25(35)33(26(32)37)20-8-9-23(36-2)21(28)16-20/h4-9,16,22H,3,10-15,17H2,1-2H3,(H,29,34)/t22-/m0/s1. The van der Waals surface area contributed by atoms with Gasteiger partial charge in [-0.05, 0) is 74.7 Å². The molecule has 198 valence electrons. The Morgan fingerprint density at radius 1 is 1.08 bits per heavy atom. The maximum absolute atomic E-state index is 13.6. The van der Waals surface area contributed by atoms with E-state index in [-0.39, 0.29) is 18.2 Å². The summed E-state index contributed by atoms with van der Waals surface area (Å²) >= 11 is 18.1. The van der Waals surface area contributed by atoms with Crippen LogP contribution >= 0.6 is 35.4 Å². The van der Waals surface area contributed by atoms with Gasteiger partial charge in [0.15, 0.2) is 5.11 Å². The van der Waals surface area contributed by atoms with Crippen molar-refractivity contribution >= 4 is 63.7 Å². The van der Waals surface area contributed by atoms with E-state index in [1.807, 2.05) is 4.90 Å². The van der Waals surface area contributed by atoms with Gasteiger partial charge in [-0.2, -0.15) is 0 Å². The smallest absolute Gasteiger partial charge is 0.256 e. The summed E-state index contributed by atoms with van der Waals surface area (Å²) in [5, 5.41) is 4.18. The molecule has 2 aromatic carbocycles. The number of piperazine rings is 1. The lowest BCUT2D eigenvalue weighted by Gasteiger charge is -2.33. The summed E-state index contributed by atoms with van der Waals surface area (Å²) in [4.78, 5) is 34.7. The van der Waals surface area contributed by atoms with Gasteiger partial charge in [-0.3, -0.25) is 14.5 Å². The van der Waals surface area contributed by atoms with E-state index in [2.05, 4.69) is 22.2 Å². The fourth-order valence-electron chi connectivity index (χ4n) is 4.58. The molecular weight excluding hydrogens is 533 g/mol. The zero-order valence-electron chi connectivity index (χ0n) is 21.0. The van der Waals surface area contributed by atoms with Crippen molar-refractivity contribution in [1.29, 1.82) is 0 Å². The lowest BCUT2D eigenvalue weighted by atomic mass is 10.1. The van der Waals surface area contributed by atoms with Crippen molar-refractivity contribution in [2.75, 3.05) is 63.6 Å². The molecule has 37 heavy (non-hydrogen) atoms. The van der Waals surface area contributed by atoms with E-state index in [4.69, 9.17) is 40.2 Å². The van der Waals surface area contributed by atoms with E-state index >= 15 is 0 Å². The number of carbonyl (C=O) groups is 2. The first-order chi connectivity index (χ1) is 17.8. The Morgan fingerprint density at radius 3 is 2.43 bits per heavy atom. The number of nitrogens with one attached hydrogen (secondary N) is 1. The number of hydrogen-bond acceptors (Lipinski definition) is 6. The number of amides is 2. The minimum absolute atomic E-state index is 0.0313. The molecule has 2 aromatic rings. The van der Waals surface area contributed by atoms with Crippen LogP contribution in [0.2, 0.25) is 10.0 Å². The first-order valence-electron chi connectivity index (χ1n) is 12.2. The third-order valence-electron chi connectivity index (χ3n) is 6.69. The van der Waals surface area contributed by atoms with Crippen molar-refractivity contribution in [2.24, 2.45) is 0 Å². The molecule has 0 aliphatic carbocycles. The molecule has 1 atom stereocenters. The lowest BCUT2D eigenvalue weighted by molar-refractivity contribution is -0.124. The normalized spacial score (nSPS) is 19.0. The number of thiocarbonyl (C=S) groups is 1. The number of hydrogen-bond donors (Lipinski definition) is 1. The largest absolute Gasteiger partial charge is 0.495 e. The molecule has 0 spiro atoms. The Hall–Kier alpha value is -2.43. The van der Waals surface area contributed by atoms with Crippen LogP contribution in [0.15, 0.2) is 42.5 Å². The predicted molar refractivity (Wildman–Crippen MR) is 152 cm³/mol. The highest BCUT2D eigenvalue weighted by Crippen LogP contribution is 2.33. The Kier molecular flexibility index (Phi) is 9.26. The van der Waals surface area contributed by atoms with Crippen LogP contribution in [0, 0.1) is 0 Å². The summed E-state index contributed by atoms with van der Waals surface area (Å²) in [7, 11) is 3.66. The third kappa shape index (κ3) is 6.72. The number of nitrogens with zero attached hydrogens (tertiary/aromatic N) is 4. The number of anilines is 2. The minimum atomic E-state index is -0.715. The molecule has 2 aliphatic rings. The quantitative estimate of drug-likeness (QED) is 0.463. The van der Waals surface area contributed by atoms with E-state index in [1.165, 1.54) is 12.0 Å². The van der Waals surface area contributed by atoms with Gasteiger partial charge in [0.05, 0.1) is 24.2 Å². The van der Waals surface area contributed by atoms with Crippen LogP contribution in [0.25, 0.3) is 0 Å². The van der Waals surface area contributed by atoms with Gasteiger partial charge in [0.1, 0.15) is 11.8 Å². The molecule has 8 nitrogen and oxygen atoms in total. The van der Waals surface area contributed by atoms with Crippen LogP contribution in [0.3, 0.4) is 0 Å².